The van der Waals surface area contributed by atoms with Crippen molar-refractivity contribution in [2.45, 2.75) is 6.04 Å². The van der Waals surface area contributed by atoms with Crippen LogP contribution in [-0.2, 0) is 4.79 Å². The van der Waals surface area contributed by atoms with Gasteiger partial charge in [0.25, 0.3) is 0 Å². The van der Waals surface area contributed by atoms with Crippen LogP contribution in [0.4, 0.5) is 10.5 Å². The monoisotopic (exact) mass is 419 g/mol. The Hall–Kier alpha value is -3.31. The molecule has 30 heavy (non-hydrogen) atoms. The molecule has 4 rings (SSSR count). The van der Waals surface area contributed by atoms with Crippen molar-refractivity contribution in [1.82, 2.24) is 10.2 Å². The Morgan fingerprint density at radius 2 is 1.43 bits per heavy atom. The van der Waals surface area contributed by atoms with Crippen LogP contribution in [0.3, 0.4) is 0 Å². The zero-order chi connectivity index (χ0) is 20.9. The molecular formula is C24H22ClN3O2. The maximum Gasteiger partial charge on any atom is 0.325 e. The smallest absolute Gasteiger partial charge is 0.325 e. The molecule has 3 amide bonds. The maximum atomic E-state index is 12.8. The molecule has 1 fully saturated rings. The van der Waals surface area contributed by atoms with Crippen LogP contribution in [0, 0.1) is 0 Å². The van der Waals surface area contributed by atoms with Crippen molar-refractivity contribution in [3.63, 3.8) is 0 Å². The van der Waals surface area contributed by atoms with Gasteiger partial charge in [-0.05, 0) is 35.4 Å². The molecule has 0 saturated carbocycles. The summed E-state index contributed by atoms with van der Waals surface area (Å²) < 4.78 is 0. The van der Waals surface area contributed by atoms with Gasteiger partial charge in [-0.25, -0.2) is 4.79 Å². The number of hydrogen-bond donors (Lipinski definition) is 1. The van der Waals surface area contributed by atoms with E-state index in [-0.39, 0.29) is 24.5 Å². The summed E-state index contributed by atoms with van der Waals surface area (Å²) in [6, 6.07) is 26.3. The number of nitrogens with zero attached hydrogens (tertiary/aromatic N) is 2. The summed E-state index contributed by atoms with van der Waals surface area (Å²) in [7, 11) is 0. The van der Waals surface area contributed by atoms with E-state index in [9.17, 15) is 9.59 Å². The lowest BCUT2D eigenvalue weighted by molar-refractivity contribution is -0.122. The number of nitrogens with one attached hydrogen (secondary N) is 1. The van der Waals surface area contributed by atoms with Gasteiger partial charge in [0.1, 0.15) is 6.54 Å². The second-order valence-corrected chi connectivity index (χ2v) is 7.59. The van der Waals surface area contributed by atoms with Gasteiger partial charge in [0.05, 0.1) is 6.04 Å². The maximum absolute atomic E-state index is 12.8. The van der Waals surface area contributed by atoms with Crippen molar-refractivity contribution in [2.75, 3.05) is 24.5 Å². The molecule has 6 heteroatoms. The minimum absolute atomic E-state index is 0.0130. The number of benzene rings is 3. The molecule has 3 aromatic rings. The van der Waals surface area contributed by atoms with Crippen molar-refractivity contribution >= 4 is 29.2 Å². The number of rotatable bonds is 6. The summed E-state index contributed by atoms with van der Waals surface area (Å²) in [6.07, 6.45) is 0. The van der Waals surface area contributed by atoms with Crippen molar-refractivity contribution in [1.29, 1.82) is 0 Å². The molecule has 152 valence electrons. The summed E-state index contributed by atoms with van der Waals surface area (Å²) in [5.74, 6) is -0.195. The van der Waals surface area contributed by atoms with E-state index in [0.717, 1.165) is 16.8 Å². The third-order valence-corrected chi connectivity index (χ3v) is 5.39. The fourth-order valence-corrected chi connectivity index (χ4v) is 3.75. The van der Waals surface area contributed by atoms with E-state index in [0.29, 0.717) is 18.1 Å². The van der Waals surface area contributed by atoms with Gasteiger partial charge in [-0.15, -0.1) is 0 Å². The molecule has 0 aromatic heterocycles. The van der Waals surface area contributed by atoms with Crippen molar-refractivity contribution in [3.8, 4) is 0 Å². The molecule has 3 aromatic carbocycles. The molecule has 0 spiro atoms. The molecule has 1 saturated heterocycles. The van der Waals surface area contributed by atoms with Crippen LogP contribution in [0.2, 0.25) is 5.02 Å². The number of anilines is 1. The highest BCUT2D eigenvalue weighted by molar-refractivity contribution is 6.30. The molecule has 1 aliphatic rings. The highest BCUT2D eigenvalue weighted by atomic mass is 35.5. The van der Waals surface area contributed by atoms with Gasteiger partial charge in [-0.2, -0.15) is 0 Å². The van der Waals surface area contributed by atoms with Gasteiger partial charge >= 0.3 is 6.03 Å². The van der Waals surface area contributed by atoms with Crippen LogP contribution in [0.1, 0.15) is 17.2 Å². The minimum atomic E-state index is -0.273. The summed E-state index contributed by atoms with van der Waals surface area (Å²) >= 11 is 5.93. The van der Waals surface area contributed by atoms with E-state index >= 15 is 0 Å². The average molecular weight is 420 g/mol. The number of amides is 3. The predicted molar refractivity (Wildman–Crippen MR) is 119 cm³/mol. The van der Waals surface area contributed by atoms with Crippen LogP contribution in [-0.4, -0.2) is 36.5 Å². The Morgan fingerprint density at radius 3 is 2.00 bits per heavy atom. The summed E-state index contributed by atoms with van der Waals surface area (Å²) in [6.45, 7) is 1.05. The number of carbonyl (C=O) groups is 2. The lowest BCUT2D eigenvalue weighted by Crippen LogP contribution is -2.41. The molecule has 1 N–H and O–H groups in total. The Bertz CT molecular complexity index is 970. The molecule has 1 heterocycles. The summed E-state index contributed by atoms with van der Waals surface area (Å²) in [5.41, 5.74) is 2.76. The van der Waals surface area contributed by atoms with E-state index in [1.165, 1.54) is 0 Å². The fraction of sp³-hybridized carbons (Fsp3) is 0.167. The fourth-order valence-electron chi connectivity index (χ4n) is 3.62. The average Bonchev–Trinajstić information content (AvgIpc) is 3.14. The van der Waals surface area contributed by atoms with Crippen LogP contribution in [0.25, 0.3) is 0 Å². The van der Waals surface area contributed by atoms with Crippen LogP contribution in [0.15, 0.2) is 84.9 Å². The van der Waals surface area contributed by atoms with Gasteiger partial charge in [0.2, 0.25) is 5.91 Å². The molecule has 0 radical (unpaired) electrons. The van der Waals surface area contributed by atoms with Gasteiger partial charge in [0.15, 0.2) is 0 Å². The summed E-state index contributed by atoms with van der Waals surface area (Å²) in [4.78, 5) is 28.9. The lowest BCUT2D eigenvalue weighted by atomic mass is 9.99. The van der Waals surface area contributed by atoms with Gasteiger partial charge in [-0.1, -0.05) is 72.3 Å². The van der Waals surface area contributed by atoms with Crippen molar-refractivity contribution in [3.05, 3.63) is 101 Å². The molecule has 0 atom stereocenters. The third kappa shape index (κ3) is 4.47. The quantitative estimate of drug-likeness (QED) is 0.640. The van der Waals surface area contributed by atoms with Gasteiger partial charge in [0, 0.05) is 23.8 Å². The molecule has 0 unspecified atom stereocenters. The first kappa shape index (κ1) is 20.0. The standard InChI is InChI=1S/C24H22ClN3O2/c25-20-11-13-21(14-12-20)28-16-15-27(24(28)30)17-22(29)26-23(18-7-3-1-4-8-18)19-9-5-2-6-10-19/h1-14,23H,15-17H2,(H,26,29). The second-order valence-electron chi connectivity index (χ2n) is 7.15. The topological polar surface area (TPSA) is 52.7 Å². The Kier molecular flexibility index (Phi) is 6.00. The largest absolute Gasteiger partial charge is 0.344 e. The van der Waals surface area contributed by atoms with Gasteiger partial charge in [-0.3, -0.25) is 9.69 Å². The Labute approximate surface area is 180 Å². The number of hydrogen-bond acceptors (Lipinski definition) is 2. The molecular weight excluding hydrogens is 398 g/mol. The third-order valence-electron chi connectivity index (χ3n) is 5.14. The van der Waals surface area contributed by atoms with E-state index in [2.05, 4.69) is 5.32 Å². The lowest BCUT2D eigenvalue weighted by Gasteiger charge is -2.22. The molecule has 1 aliphatic heterocycles. The second kappa shape index (κ2) is 9.01. The first-order chi connectivity index (χ1) is 14.6. The Balaban J connectivity index is 1.45. The molecule has 5 nitrogen and oxygen atoms in total. The predicted octanol–water partition coefficient (Wildman–Crippen LogP) is 4.49. The van der Waals surface area contributed by atoms with E-state index in [1.807, 2.05) is 72.8 Å². The number of urea groups is 1. The zero-order valence-electron chi connectivity index (χ0n) is 16.4. The summed E-state index contributed by atoms with van der Waals surface area (Å²) in [5, 5.41) is 3.71. The van der Waals surface area contributed by atoms with E-state index in [1.54, 1.807) is 21.9 Å². The van der Waals surface area contributed by atoms with Crippen LogP contribution >= 0.6 is 11.6 Å². The van der Waals surface area contributed by atoms with E-state index < -0.39 is 0 Å². The highest BCUT2D eigenvalue weighted by Gasteiger charge is 2.31. The van der Waals surface area contributed by atoms with Crippen LogP contribution < -0.4 is 10.2 Å². The van der Waals surface area contributed by atoms with Crippen molar-refractivity contribution in [2.24, 2.45) is 0 Å². The van der Waals surface area contributed by atoms with Crippen LogP contribution in [0.5, 0.6) is 0 Å². The normalized spacial score (nSPS) is 13.7. The first-order valence-corrected chi connectivity index (χ1v) is 10.2. The molecule has 0 aliphatic carbocycles. The first-order valence-electron chi connectivity index (χ1n) is 9.83. The Morgan fingerprint density at radius 1 is 0.867 bits per heavy atom. The van der Waals surface area contributed by atoms with Gasteiger partial charge < -0.3 is 10.2 Å². The number of carbonyl (C=O) groups excluding carboxylic acids is 2. The van der Waals surface area contributed by atoms with Crippen molar-refractivity contribution < 1.29 is 9.59 Å². The van der Waals surface area contributed by atoms with E-state index in [4.69, 9.17) is 11.6 Å². The molecule has 0 bridgehead atoms. The minimum Gasteiger partial charge on any atom is -0.344 e. The number of halogens is 1. The SMILES string of the molecule is O=C(CN1CCN(c2ccc(Cl)cc2)C1=O)NC(c1ccccc1)c1ccccc1. The highest BCUT2D eigenvalue weighted by Crippen LogP contribution is 2.24. The zero-order valence-corrected chi connectivity index (χ0v) is 17.1.